The fourth-order valence-electron chi connectivity index (χ4n) is 1.18. The zero-order valence-electron chi connectivity index (χ0n) is 7.50. The number of aliphatic hydroxyl groups excluding tert-OH is 1. The molecule has 0 unspecified atom stereocenters. The molecule has 1 aromatic carbocycles. The molecular formula is C10H14OS. The average molecular weight is 182 g/mol. The highest BCUT2D eigenvalue weighted by Crippen LogP contribution is 2.22. The normalized spacial score (nSPS) is 10.2. The minimum atomic E-state index is 0.136. The molecule has 0 radical (unpaired) electrons. The van der Waals surface area contributed by atoms with Crippen LogP contribution in [0.5, 0.6) is 0 Å². The van der Waals surface area contributed by atoms with Crippen molar-refractivity contribution in [1.29, 1.82) is 0 Å². The largest absolute Gasteiger partial charge is 0.392 e. The molecule has 0 bridgehead atoms. The predicted molar refractivity (Wildman–Crippen MR) is 53.5 cm³/mol. The Morgan fingerprint density at radius 3 is 2.67 bits per heavy atom. The molecule has 1 rings (SSSR count). The van der Waals surface area contributed by atoms with Gasteiger partial charge in [-0.2, -0.15) is 0 Å². The van der Waals surface area contributed by atoms with Crippen molar-refractivity contribution in [1.82, 2.24) is 0 Å². The zero-order valence-corrected chi connectivity index (χ0v) is 8.32. The summed E-state index contributed by atoms with van der Waals surface area (Å²) in [5.74, 6) is 0. The van der Waals surface area contributed by atoms with Gasteiger partial charge in [-0.25, -0.2) is 0 Å². The minimum Gasteiger partial charge on any atom is -0.392 e. The first-order chi connectivity index (χ1) is 5.81. The number of benzene rings is 1. The van der Waals surface area contributed by atoms with E-state index in [9.17, 15) is 0 Å². The smallest absolute Gasteiger partial charge is 0.0682 e. The first-order valence-corrected chi connectivity index (χ1v) is 5.31. The van der Waals surface area contributed by atoms with Crippen molar-refractivity contribution in [3.05, 3.63) is 29.3 Å². The van der Waals surface area contributed by atoms with Gasteiger partial charge in [-0.3, -0.25) is 0 Å². The number of aryl methyl sites for hydroxylation is 1. The summed E-state index contributed by atoms with van der Waals surface area (Å²) in [6.07, 6.45) is 3.12. The lowest BCUT2D eigenvalue weighted by molar-refractivity contribution is 0.281. The molecule has 0 fully saturated rings. The monoisotopic (exact) mass is 182 g/mol. The third-order valence-corrected chi connectivity index (χ3v) is 2.73. The molecule has 66 valence electrons. The first kappa shape index (κ1) is 9.62. The molecule has 1 aromatic rings. The summed E-state index contributed by atoms with van der Waals surface area (Å²) in [5, 5.41) is 8.91. The summed E-state index contributed by atoms with van der Waals surface area (Å²) in [4.78, 5) is 1.28. The Morgan fingerprint density at radius 2 is 2.17 bits per heavy atom. The highest BCUT2D eigenvalue weighted by atomic mass is 32.2. The maximum Gasteiger partial charge on any atom is 0.0682 e. The van der Waals surface area contributed by atoms with Crippen LogP contribution in [0.3, 0.4) is 0 Å². The van der Waals surface area contributed by atoms with Gasteiger partial charge in [0.15, 0.2) is 0 Å². The Bertz CT molecular complexity index is 258. The standard InChI is InChI=1S/C10H14OS/c1-3-9-5-4-8(7-11)6-10(9)12-2/h4-6,11H,3,7H2,1-2H3. The molecule has 1 nitrogen and oxygen atoms in total. The van der Waals surface area contributed by atoms with Crippen molar-refractivity contribution in [2.75, 3.05) is 6.26 Å². The lowest BCUT2D eigenvalue weighted by Crippen LogP contribution is -1.88. The number of hydrogen-bond donors (Lipinski definition) is 1. The van der Waals surface area contributed by atoms with Gasteiger partial charge in [0.25, 0.3) is 0 Å². The Morgan fingerprint density at radius 1 is 1.42 bits per heavy atom. The summed E-state index contributed by atoms with van der Waals surface area (Å²) in [6.45, 7) is 2.28. The molecular weight excluding hydrogens is 168 g/mol. The molecule has 0 saturated heterocycles. The zero-order chi connectivity index (χ0) is 8.97. The maximum atomic E-state index is 8.91. The van der Waals surface area contributed by atoms with E-state index in [1.807, 2.05) is 6.07 Å². The number of thioether (sulfide) groups is 1. The van der Waals surface area contributed by atoms with E-state index in [0.29, 0.717) is 0 Å². The third kappa shape index (κ3) is 2.02. The molecule has 0 aliphatic heterocycles. The highest BCUT2D eigenvalue weighted by molar-refractivity contribution is 7.98. The van der Waals surface area contributed by atoms with Crippen molar-refractivity contribution in [2.45, 2.75) is 24.8 Å². The molecule has 0 saturated carbocycles. The first-order valence-electron chi connectivity index (χ1n) is 4.08. The fraction of sp³-hybridized carbons (Fsp3) is 0.400. The van der Waals surface area contributed by atoms with E-state index < -0.39 is 0 Å². The van der Waals surface area contributed by atoms with Crippen LogP contribution in [0, 0.1) is 0 Å². The summed E-state index contributed by atoms with van der Waals surface area (Å²) in [6, 6.07) is 6.14. The molecule has 0 aromatic heterocycles. The lowest BCUT2D eigenvalue weighted by Gasteiger charge is -2.06. The van der Waals surface area contributed by atoms with Gasteiger partial charge in [-0.1, -0.05) is 19.1 Å². The van der Waals surface area contributed by atoms with Crippen molar-refractivity contribution in [2.24, 2.45) is 0 Å². The molecule has 0 aliphatic rings. The van der Waals surface area contributed by atoms with Gasteiger partial charge in [-0.15, -0.1) is 11.8 Å². The highest BCUT2D eigenvalue weighted by Gasteiger charge is 1.99. The second-order valence-electron chi connectivity index (χ2n) is 2.66. The average Bonchev–Trinajstić information content (AvgIpc) is 2.16. The number of hydrogen-bond acceptors (Lipinski definition) is 2. The molecule has 0 spiro atoms. The van der Waals surface area contributed by atoms with Gasteiger partial charge in [0, 0.05) is 4.90 Å². The van der Waals surface area contributed by atoms with Crippen molar-refractivity contribution in [3.63, 3.8) is 0 Å². The van der Waals surface area contributed by atoms with Gasteiger partial charge in [0.1, 0.15) is 0 Å². The van der Waals surface area contributed by atoms with E-state index in [1.165, 1.54) is 10.5 Å². The van der Waals surface area contributed by atoms with Crippen LogP contribution in [0.4, 0.5) is 0 Å². The lowest BCUT2D eigenvalue weighted by atomic mass is 10.1. The SMILES string of the molecule is CCc1ccc(CO)cc1SC. The van der Waals surface area contributed by atoms with Gasteiger partial charge in [0.05, 0.1) is 6.61 Å². The summed E-state index contributed by atoms with van der Waals surface area (Å²) >= 11 is 1.74. The minimum absolute atomic E-state index is 0.136. The summed E-state index contributed by atoms with van der Waals surface area (Å²) in [7, 11) is 0. The molecule has 1 N–H and O–H groups in total. The van der Waals surface area contributed by atoms with E-state index >= 15 is 0 Å². The van der Waals surface area contributed by atoms with Crippen molar-refractivity contribution < 1.29 is 5.11 Å². The van der Waals surface area contributed by atoms with E-state index in [4.69, 9.17) is 5.11 Å². The van der Waals surface area contributed by atoms with Gasteiger partial charge in [-0.05, 0) is 29.9 Å². The van der Waals surface area contributed by atoms with Crippen LogP contribution >= 0.6 is 11.8 Å². The van der Waals surface area contributed by atoms with E-state index in [-0.39, 0.29) is 6.61 Å². The van der Waals surface area contributed by atoms with E-state index in [0.717, 1.165) is 12.0 Å². The van der Waals surface area contributed by atoms with Crippen LogP contribution in [-0.2, 0) is 13.0 Å². The van der Waals surface area contributed by atoms with Crippen LogP contribution in [0.1, 0.15) is 18.1 Å². The van der Waals surface area contributed by atoms with Crippen LogP contribution in [-0.4, -0.2) is 11.4 Å². The second kappa shape index (κ2) is 4.53. The maximum absolute atomic E-state index is 8.91. The van der Waals surface area contributed by atoms with Crippen LogP contribution in [0.15, 0.2) is 23.1 Å². The predicted octanol–water partition coefficient (Wildman–Crippen LogP) is 2.46. The van der Waals surface area contributed by atoms with Crippen molar-refractivity contribution >= 4 is 11.8 Å². The molecule has 2 heteroatoms. The Labute approximate surface area is 77.8 Å². The van der Waals surface area contributed by atoms with E-state index in [2.05, 4.69) is 25.3 Å². The quantitative estimate of drug-likeness (QED) is 0.725. The van der Waals surface area contributed by atoms with Crippen LogP contribution in [0.2, 0.25) is 0 Å². The van der Waals surface area contributed by atoms with Gasteiger partial charge in [0.2, 0.25) is 0 Å². The second-order valence-corrected chi connectivity index (χ2v) is 3.51. The van der Waals surface area contributed by atoms with E-state index in [1.54, 1.807) is 11.8 Å². The topological polar surface area (TPSA) is 20.2 Å². The third-order valence-electron chi connectivity index (χ3n) is 1.91. The number of aliphatic hydroxyl groups is 1. The Kier molecular flexibility index (Phi) is 3.63. The Hall–Kier alpha value is -0.470. The summed E-state index contributed by atoms with van der Waals surface area (Å²) in [5.41, 5.74) is 2.36. The molecule has 0 amide bonds. The molecule has 12 heavy (non-hydrogen) atoms. The number of rotatable bonds is 3. The Balaban J connectivity index is 3.02. The van der Waals surface area contributed by atoms with Crippen LogP contribution < -0.4 is 0 Å². The fourth-order valence-corrected chi connectivity index (χ4v) is 1.92. The van der Waals surface area contributed by atoms with Crippen LogP contribution in [0.25, 0.3) is 0 Å². The van der Waals surface area contributed by atoms with Gasteiger partial charge < -0.3 is 5.11 Å². The van der Waals surface area contributed by atoms with Gasteiger partial charge >= 0.3 is 0 Å². The molecule has 0 heterocycles. The molecule has 0 atom stereocenters. The molecule has 0 aliphatic carbocycles. The van der Waals surface area contributed by atoms with Crippen molar-refractivity contribution in [3.8, 4) is 0 Å². The summed E-state index contributed by atoms with van der Waals surface area (Å²) < 4.78 is 0.